The van der Waals surface area contributed by atoms with Crippen LogP contribution in [0.3, 0.4) is 0 Å². The first kappa shape index (κ1) is 22.9. The molecule has 4 rings (SSSR count). The van der Waals surface area contributed by atoms with Gasteiger partial charge in [-0.25, -0.2) is 4.39 Å². The van der Waals surface area contributed by atoms with Crippen LogP contribution in [-0.4, -0.2) is 21.6 Å². The Balaban J connectivity index is 1.49. The van der Waals surface area contributed by atoms with E-state index >= 15 is 0 Å². The number of halogens is 2. The number of hydrogen-bond acceptors (Lipinski definition) is 4. The predicted molar refractivity (Wildman–Crippen MR) is 131 cm³/mol. The van der Waals surface area contributed by atoms with E-state index in [1.807, 2.05) is 19.9 Å². The van der Waals surface area contributed by atoms with Crippen molar-refractivity contribution in [1.29, 1.82) is 0 Å². The fourth-order valence-electron chi connectivity index (χ4n) is 3.74. The zero-order valence-electron chi connectivity index (χ0n) is 18.5. The highest BCUT2D eigenvalue weighted by molar-refractivity contribution is 7.21. The predicted octanol–water partition coefficient (Wildman–Crippen LogP) is 6.27. The Morgan fingerprint density at radius 1 is 1.12 bits per heavy atom. The maximum atomic E-state index is 14.2. The van der Waals surface area contributed by atoms with Crippen molar-refractivity contribution in [3.05, 3.63) is 75.1 Å². The molecule has 6 nitrogen and oxygen atoms in total. The minimum Gasteiger partial charge on any atom is -0.323 e. The molecule has 0 saturated heterocycles. The number of fused-ring (bicyclic) bond motifs is 1. The fourth-order valence-corrected chi connectivity index (χ4v) is 5.08. The average molecular weight is 485 g/mol. The summed E-state index contributed by atoms with van der Waals surface area (Å²) in [6.07, 6.45) is 0. The molecule has 2 N–H and O–H groups in total. The first-order valence-corrected chi connectivity index (χ1v) is 11.5. The third kappa shape index (κ3) is 4.49. The third-order valence-corrected chi connectivity index (χ3v) is 6.95. The van der Waals surface area contributed by atoms with Gasteiger partial charge in [-0.1, -0.05) is 17.7 Å². The summed E-state index contributed by atoms with van der Waals surface area (Å²) in [5.41, 5.74) is 3.21. The number of anilines is 2. The molecule has 2 amide bonds. The number of thiophene rings is 1. The van der Waals surface area contributed by atoms with Crippen LogP contribution in [0.15, 0.2) is 42.5 Å². The van der Waals surface area contributed by atoms with Gasteiger partial charge in [-0.15, -0.1) is 11.3 Å². The normalized spacial score (nSPS) is 12.1. The van der Waals surface area contributed by atoms with Gasteiger partial charge in [0.05, 0.1) is 21.3 Å². The van der Waals surface area contributed by atoms with Crippen LogP contribution in [0.25, 0.3) is 10.1 Å². The zero-order valence-corrected chi connectivity index (χ0v) is 20.1. The van der Waals surface area contributed by atoms with E-state index in [0.717, 1.165) is 11.4 Å². The zero-order chi connectivity index (χ0) is 23.9. The summed E-state index contributed by atoms with van der Waals surface area (Å²) in [5, 5.41) is 10.7. The molecule has 0 fully saturated rings. The van der Waals surface area contributed by atoms with Gasteiger partial charge in [-0.05, 0) is 69.7 Å². The van der Waals surface area contributed by atoms with Crippen LogP contribution in [0.1, 0.15) is 39.6 Å². The van der Waals surface area contributed by atoms with E-state index in [2.05, 4.69) is 15.7 Å². The molecule has 0 spiro atoms. The van der Waals surface area contributed by atoms with E-state index in [4.69, 9.17) is 11.6 Å². The van der Waals surface area contributed by atoms with Gasteiger partial charge < -0.3 is 10.6 Å². The van der Waals surface area contributed by atoms with E-state index in [1.165, 1.54) is 17.4 Å². The quantitative estimate of drug-likeness (QED) is 0.350. The van der Waals surface area contributed by atoms with Crippen molar-refractivity contribution in [2.75, 3.05) is 10.6 Å². The fraction of sp³-hybridized carbons (Fsp3) is 0.208. The molecular weight excluding hydrogens is 463 g/mol. The van der Waals surface area contributed by atoms with E-state index in [-0.39, 0.29) is 22.7 Å². The average Bonchev–Trinajstić information content (AvgIpc) is 3.28. The van der Waals surface area contributed by atoms with Crippen molar-refractivity contribution in [2.45, 2.75) is 33.7 Å². The van der Waals surface area contributed by atoms with Crippen LogP contribution < -0.4 is 10.6 Å². The lowest BCUT2D eigenvalue weighted by molar-refractivity contribution is -0.119. The molecule has 0 aliphatic rings. The Morgan fingerprint density at radius 2 is 1.88 bits per heavy atom. The van der Waals surface area contributed by atoms with Crippen molar-refractivity contribution < 1.29 is 14.0 Å². The van der Waals surface area contributed by atoms with Crippen LogP contribution in [-0.2, 0) is 4.79 Å². The van der Waals surface area contributed by atoms with Gasteiger partial charge in [-0.3, -0.25) is 14.3 Å². The Morgan fingerprint density at radius 3 is 2.52 bits per heavy atom. The number of nitrogens with zero attached hydrogens (tertiary/aromatic N) is 2. The number of carbonyl (C=O) groups is 2. The molecule has 0 saturated carbocycles. The highest BCUT2D eigenvalue weighted by Crippen LogP contribution is 2.33. The van der Waals surface area contributed by atoms with E-state index in [9.17, 15) is 14.0 Å². The van der Waals surface area contributed by atoms with Crippen molar-refractivity contribution >= 4 is 56.2 Å². The summed E-state index contributed by atoms with van der Waals surface area (Å²) in [5.74, 6) is -0.958. The molecule has 170 valence electrons. The highest BCUT2D eigenvalue weighted by Gasteiger charge is 2.20. The number of aryl methyl sites for hydroxylation is 3. The van der Waals surface area contributed by atoms with Crippen LogP contribution in [0.5, 0.6) is 0 Å². The monoisotopic (exact) mass is 484 g/mol. The maximum absolute atomic E-state index is 14.2. The molecular formula is C24H22ClFN4O2S. The summed E-state index contributed by atoms with van der Waals surface area (Å²) < 4.78 is 16.5. The molecule has 0 radical (unpaired) electrons. The first-order chi connectivity index (χ1) is 15.7. The standard InChI is InChI=1S/C24H22ClFN4O2S/c1-12-10-13(2)30(29-12)15(4)23(31)28-19-9-8-16(11-17(19)25)27-24(32)22-14(3)21-18(26)6-5-7-20(21)33-22/h5-11,15H,1-4H3,(H,27,32)(H,28,31)/t15-/m1/s1. The van der Waals surface area contributed by atoms with Gasteiger partial charge in [0, 0.05) is 21.5 Å². The van der Waals surface area contributed by atoms with Crippen LogP contribution in [0.2, 0.25) is 5.02 Å². The van der Waals surface area contributed by atoms with Gasteiger partial charge in [0.25, 0.3) is 5.91 Å². The van der Waals surface area contributed by atoms with Gasteiger partial charge in [0.1, 0.15) is 11.9 Å². The molecule has 2 aromatic carbocycles. The van der Waals surface area contributed by atoms with Gasteiger partial charge in [-0.2, -0.15) is 5.10 Å². The lowest BCUT2D eigenvalue weighted by Crippen LogP contribution is -2.25. The second-order valence-corrected chi connectivity index (χ2v) is 9.31. The molecule has 2 aromatic heterocycles. The van der Waals surface area contributed by atoms with Crippen LogP contribution >= 0.6 is 22.9 Å². The topological polar surface area (TPSA) is 76.0 Å². The number of hydrogen-bond donors (Lipinski definition) is 2. The highest BCUT2D eigenvalue weighted by atomic mass is 35.5. The number of aromatic nitrogens is 2. The molecule has 2 heterocycles. The van der Waals surface area contributed by atoms with Gasteiger partial charge in [0.2, 0.25) is 5.91 Å². The minimum atomic E-state index is -0.523. The number of benzene rings is 2. The summed E-state index contributed by atoms with van der Waals surface area (Å²) in [7, 11) is 0. The molecule has 33 heavy (non-hydrogen) atoms. The SMILES string of the molecule is Cc1cc(C)n([C@H](C)C(=O)Nc2ccc(NC(=O)c3sc4cccc(F)c4c3C)cc2Cl)n1. The van der Waals surface area contributed by atoms with Gasteiger partial charge in [0.15, 0.2) is 0 Å². The van der Waals surface area contributed by atoms with E-state index in [1.54, 1.807) is 48.9 Å². The lowest BCUT2D eigenvalue weighted by Gasteiger charge is -2.16. The van der Waals surface area contributed by atoms with E-state index in [0.29, 0.717) is 31.9 Å². The van der Waals surface area contributed by atoms with Crippen LogP contribution in [0, 0.1) is 26.6 Å². The third-order valence-electron chi connectivity index (χ3n) is 5.38. The smallest absolute Gasteiger partial charge is 0.266 e. The summed E-state index contributed by atoms with van der Waals surface area (Å²) in [4.78, 5) is 26.0. The van der Waals surface area contributed by atoms with Crippen molar-refractivity contribution in [2.24, 2.45) is 0 Å². The minimum absolute atomic E-state index is 0.261. The van der Waals surface area contributed by atoms with E-state index < -0.39 is 6.04 Å². The molecule has 4 aromatic rings. The number of carbonyl (C=O) groups excluding carboxylic acids is 2. The number of rotatable bonds is 5. The van der Waals surface area contributed by atoms with Crippen molar-refractivity contribution in [3.63, 3.8) is 0 Å². The first-order valence-electron chi connectivity index (χ1n) is 10.3. The Labute approximate surface area is 199 Å². The largest absolute Gasteiger partial charge is 0.323 e. The Bertz CT molecular complexity index is 1390. The summed E-state index contributed by atoms with van der Waals surface area (Å²) in [6.45, 7) is 7.25. The molecule has 0 aliphatic heterocycles. The second-order valence-electron chi connectivity index (χ2n) is 7.85. The maximum Gasteiger partial charge on any atom is 0.266 e. The number of nitrogens with one attached hydrogen (secondary N) is 2. The van der Waals surface area contributed by atoms with Crippen molar-refractivity contribution in [3.8, 4) is 0 Å². The molecule has 0 unspecified atom stereocenters. The lowest BCUT2D eigenvalue weighted by atomic mass is 10.1. The Hall–Kier alpha value is -3.23. The number of amides is 2. The molecule has 1 atom stereocenters. The van der Waals surface area contributed by atoms with Gasteiger partial charge >= 0.3 is 0 Å². The summed E-state index contributed by atoms with van der Waals surface area (Å²) >= 11 is 7.60. The van der Waals surface area contributed by atoms with Crippen LogP contribution in [0.4, 0.5) is 15.8 Å². The molecule has 0 bridgehead atoms. The summed E-state index contributed by atoms with van der Waals surface area (Å²) in [6, 6.07) is 11.0. The molecule has 0 aliphatic carbocycles. The molecule has 9 heteroatoms. The van der Waals surface area contributed by atoms with Crippen molar-refractivity contribution in [1.82, 2.24) is 9.78 Å². The Kier molecular flexibility index (Phi) is 6.23. The second kappa shape index (κ2) is 8.96.